The zero-order valence-corrected chi connectivity index (χ0v) is 22.7. The summed E-state index contributed by atoms with van der Waals surface area (Å²) in [7, 11) is 1.49. The Kier molecular flexibility index (Phi) is 9.67. The SMILES string of the molecule is COc1cc(CC(OC(=O)C(C)(C)C)C(CNC(=O)S)Cc2ccc(C(C)(C)C)cc2)ccc1O. The van der Waals surface area contributed by atoms with Gasteiger partial charge in [-0.25, -0.2) is 0 Å². The number of thiol groups is 1. The molecular weight excluding hydrogens is 462 g/mol. The molecule has 0 heterocycles. The van der Waals surface area contributed by atoms with Gasteiger partial charge in [0.2, 0.25) is 0 Å². The van der Waals surface area contributed by atoms with E-state index in [0.717, 1.165) is 11.1 Å². The van der Waals surface area contributed by atoms with E-state index in [0.29, 0.717) is 25.1 Å². The highest BCUT2D eigenvalue weighted by Gasteiger charge is 2.31. The number of hydrogen-bond donors (Lipinski definition) is 3. The summed E-state index contributed by atoms with van der Waals surface area (Å²) in [6.07, 6.45) is 0.458. The van der Waals surface area contributed by atoms with Crippen molar-refractivity contribution in [3.8, 4) is 11.5 Å². The van der Waals surface area contributed by atoms with Gasteiger partial charge >= 0.3 is 5.97 Å². The molecule has 35 heavy (non-hydrogen) atoms. The molecule has 7 heteroatoms. The number of carbonyl (C=O) groups is 2. The van der Waals surface area contributed by atoms with Crippen molar-refractivity contribution in [3.63, 3.8) is 0 Å². The molecule has 0 spiro atoms. The predicted molar refractivity (Wildman–Crippen MR) is 142 cm³/mol. The molecule has 2 unspecified atom stereocenters. The van der Waals surface area contributed by atoms with E-state index in [1.807, 2.05) is 20.8 Å². The summed E-state index contributed by atoms with van der Waals surface area (Å²) in [6.45, 7) is 12.2. The first-order valence-corrected chi connectivity index (χ1v) is 12.3. The molecule has 6 nitrogen and oxygen atoms in total. The van der Waals surface area contributed by atoms with Crippen LogP contribution in [0.4, 0.5) is 4.79 Å². The molecule has 2 rings (SSSR count). The van der Waals surface area contributed by atoms with Crippen LogP contribution in [0.1, 0.15) is 58.2 Å². The summed E-state index contributed by atoms with van der Waals surface area (Å²) in [5, 5.41) is 12.3. The van der Waals surface area contributed by atoms with Gasteiger partial charge in [-0.2, -0.15) is 0 Å². The number of hydrogen-bond acceptors (Lipinski definition) is 5. The lowest BCUT2D eigenvalue weighted by atomic mass is 9.85. The average Bonchev–Trinajstić information content (AvgIpc) is 2.76. The highest BCUT2D eigenvalue weighted by atomic mass is 32.1. The largest absolute Gasteiger partial charge is 0.504 e. The minimum atomic E-state index is -0.684. The number of esters is 1. The fourth-order valence-corrected chi connectivity index (χ4v) is 3.79. The van der Waals surface area contributed by atoms with Crippen molar-refractivity contribution >= 4 is 23.8 Å². The van der Waals surface area contributed by atoms with Crippen molar-refractivity contribution < 1.29 is 24.2 Å². The number of phenols is 1. The van der Waals surface area contributed by atoms with Crippen LogP contribution in [0.25, 0.3) is 0 Å². The molecule has 0 aromatic heterocycles. The van der Waals surface area contributed by atoms with Crippen molar-refractivity contribution in [2.75, 3.05) is 13.7 Å². The Hall–Kier alpha value is -2.67. The number of aromatic hydroxyl groups is 1. The molecule has 2 aromatic carbocycles. The van der Waals surface area contributed by atoms with Gasteiger partial charge < -0.3 is 19.9 Å². The number of ether oxygens (including phenoxy) is 2. The van der Waals surface area contributed by atoms with Crippen LogP contribution in [0.5, 0.6) is 11.5 Å². The van der Waals surface area contributed by atoms with Crippen LogP contribution in [0.15, 0.2) is 42.5 Å². The maximum Gasteiger partial charge on any atom is 0.311 e. The monoisotopic (exact) mass is 501 g/mol. The maximum absolute atomic E-state index is 12.9. The van der Waals surface area contributed by atoms with E-state index < -0.39 is 16.8 Å². The van der Waals surface area contributed by atoms with Crippen LogP contribution in [-0.4, -0.2) is 36.1 Å². The number of rotatable bonds is 9. The lowest BCUT2D eigenvalue weighted by molar-refractivity contribution is -0.161. The molecule has 2 aromatic rings. The van der Waals surface area contributed by atoms with Gasteiger partial charge in [-0.15, -0.1) is 0 Å². The lowest BCUT2D eigenvalue weighted by Crippen LogP contribution is -2.40. The lowest BCUT2D eigenvalue weighted by Gasteiger charge is -2.30. The highest BCUT2D eigenvalue weighted by Crippen LogP contribution is 2.30. The number of nitrogens with one attached hydrogen (secondary N) is 1. The molecule has 0 fully saturated rings. The van der Waals surface area contributed by atoms with Crippen LogP contribution in [0.2, 0.25) is 0 Å². The third-order valence-electron chi connectivity index (χ3n) is 5.91. The van der Waals surface area contributed by atoms with E-state index in [2.05, 4.69) is 63.0 Å². The number of amides is 1. The summed E-state index contributed by atoms with van der Waals surface area (Å²) in [5.74, 6) is -0.144. The Balaban J connectivity index is 2.40. The van der Waals surface area contributed by atoms with Gasteiger partial charge in [-0.1, -0.05) is 63.7 Å². The van der Waals surface area contributed by atoms with Gasteiger partial charge in [-0.3, -0.25) is 9.59 Å². The summed E-state index contributed by atoms with van der Waals surface area (Å²) in [6, 6.07) is 13.5. The van der Waals surface area contributed by atoms with Crippen LogP contribution in [0, 0.1) is 11.3 Å². The molecular formula is C28H39NO5S. The molecule has 0 aliphatic carbocycles. The van der Waals surface area contributed by atoms with Gasteiger partial charge in [0.15, 0.2) is 11.5 Å². The fraction of sp³-hybridized carbons (Fsp3) is 0.500. The number of methoxy groups -OCH3 is 1. The number of phenolic OH excluding ortho intramolecular Hbond substituents is 1. The van der Waals surface area contributed by atoms with E-state index in [-0.39, 0.29) is 23.1 Å². The van der Waals surface area contributed by atoms with Gasteiger partial charge in [-0.05, 0) is 61.4 Å². The quantitative estimate of drug-likeness (QED) is 0.303. The third-order valence-corrected chi connectivity index (χ3v) is 6.07. The van der Waals surface area contributed by atoms with Gasteiger partial charge in [0, 0.05) is 18.9 Å². The van der Waals surface area contributed by atoms with Crippen LogP contribution >= 0.6 is 12.6 Å². The molecule has 0 aliphatic heterocycles. The minimum Gasteiger partial charge on any atom is -0.504 e. The standard InChI is InChI=1S/C28H39NO5S/c1-27(2,3)21-11-8-18(9-12-21)14-20(17-29-26(32)35)23(34-25(31)28(4,5)6)15-19-10-13-22(30)24(16-19)33-7/h8-13,16,20,23,30H,14-15,17H2,1-7H3,(H2,29,32,35). The van der Waals surface area contributed by atoms with Gasteiger partial charge in [0.1, 0.15) is 6.10 Å². The molecule has 192 valence electrons. The zero-order chi connectivity index (χ0) is 26.4. The molecule has 0 bridgehead atoms. The predicted octanol–water partition coefficient (Wildman–Crippen LogP) is 5.70. The highest BCUT2D eigenvalue weighted by molar-refractivity contribution is 7.96. The van der Waals surface area contributed by atoms with E-state index in [4.69, 9.17) is 9.47 Å². The van der Waals surface area contributed by atoms with Gasteiger partial charge in [0.05, 0.1) is 12.5 Å². The first-order chi connectivity index (χ1) is 16.2. The van der Waals surface area contributed by atoms with Crippen molar-refractivity contribution in [1.29, 1.82) is 0 Å². The molecule has 0 saturated carbocycles. The van der Waals surface area contributed by atoms with Crippen LogP contribution < -0.4 is 10.1 Å². The zero-order valence-electron chi connectivity index (χ0n) is 21.8. The molecule has 0 saturated heterocycles. The Morgan fingerprint density at radius 2 is 1.57 bits per heavy atom. The van der Waals surface area contributed by atoms with E-state index in [9.17, 15) is 14.7 Å². The van der Waals surface area contributed by atoms with Crippen molar-refractivity contribution in [2.24, 2.45) is 11.3 Å². The summed E-state index contributed by atoms with van der Waals surface area (Å²) >= 11 is 3.86. The Morgan fingerprint density at radius 3 is 2.09 bits per heavy atom. The first-order valence-electron chi connectivity index (χ1n) is 11.8. The minimum absolute atomic E-state index is 0.0392. The normalized spacial score (nSPS) is 13.6. The Morgan fingerprint density at radius 1 is 0.971 bits per heavy atom. The fourth-order valence-electron chi connectivity index (χ4n) is 3.70. The van der Waals surface area contributed by atoms with Crippen LogP contribution in [0.3, 0.4) is 0 Å². The Bertz CT molecular complexity index is 1010. The van der Waals surface area contributed by atoms with E-state index in [1.165, 1.54) is 12.7 Å². The number of benzene rings is 2. The average molecular weight is 502 g/mol. The van der Waals surface area contributed by atoms with Crippen molar-refractivity contribution in [3.05, 3.63) is 59.2 Å². The number of carbonyl (C=O) groups excluding carboxylic acids is 2. The Labute approximate surface area is 214 Å². The van der Waals surface area contributed by atoms with E-state index >= 15 is 0 Å². The maximum atomic E-state index is 12.9. The van der Waals surface area contributed by atoms with Crippen LogP contribution in [-0.2, 0) is 27.8 Å². The molecule has 2 atom stereocenters. The second-order valence-corrected chi connectivity index (χ2v) is 11.4. The smallest absolute Gasteiger partial charge is 0.311 e. The second-order valence-electron chi connectivity index (χ2n) is 11.0. The first kappa shape index (κ1) is 28.6. The van der Waals surface area contributed by atoms with Crippen molar-refractivity contribution in [1.82, 2.24) is 5.32 Å². The van der Waals surface area contributed by atoms with Gasteiger partial charge in [0.25, 0.3) is 5.24 Å². The second kappa shape index (κ2) is 11.8. The topological polar surface area (TPSA) is 84.9 Å². The molecule has 2 N–H and O–H groups in total. The summed E-state index contributed by atoms with van der Waals surface area (Å²) < 4.78 is 11.3. The third kappa shape index (κ3) is 8.80. The van der Waals surface area contributed by atoms with Crippen molar-refractivity contribution in [2.45, 2.75) is 65.9 Å². The summed E-state index contributed by atoms with van der Waals surface area (Å²) in [5.41, 5.74) is 2.51. The van der Waals surface area contributed by atoms with E-state index in [1.54, 1.807) is 18.2 Å². The summed E-state index contributed by atoms with van der Waals surface area (Å²) in [4.78, 5) is 24.5. The molecule has 1 amide bonds. The molecule has 0 radical (unpaired) electrons. The molecule has 0 aliphatic rings.